The first kappa shape index (κ1) is 21.8. The minimum atomic E-state index is -0.348. The van der Waals surface area contributed by atoms with E-state index in [1.54, 1.807) is 37.4 Å². The fraction of sp³-hybridized carbons (Fsp3) is 0.136. The summed E-state index contributed by atoms with van der Waals surface area (Å²) in [7, 11) is 1.56. The highest BCUT2D eigenvalue weighted by molar-refractivity contribution is 7.99. The van der Waals surface area contributed by atoms with Gasteiger partial charge in [0, 0.05) is 29.2 Å². The molecule has 2 aromatic heterocycles. The normalized spacial score (nSPS) is 10.8. The number of carbonyl (C=O) groups excluding carboxylic acids is 1. The lowest BCUT2D eigenvalue weighted by Gasteiger charge is -2.13. The summed E-state index contributed by atoms with van der Waals surface area (Å²) in [6.07, 6.45) is 2.91. The Kier molecular flexibility index (Phi) is 6.67. The number of nitrogens with zero attached hydrogens (tertiary/aromatic N) is 4. The van der Waals surface area contributed by atoms with Gasteiger partial charge in [-0.25, -0.2) is 15.0 Å². The van der Waals surface area contributed by atoms with Gasteiger partial charge in [-0.15, -0.1) is 0 Å². The first-order chi connectivity index (χ1) is 15.5. The summed E-state index contributed by atoms with van der Waals surface area (Å²) in [5, 5.41) is 3.70. The summed E-state index contributed by atoms with van der Waals surface area (Å²) >= 11 is 7.43. The number of halogens is 1. The van der Waals surface area contributed by atoms with Gasteiger partial charge in [0.2, 0.25) is 5.91 Å². The SMILES string of the molecule is COc1cccc(NC(=O)CSc2nc3nccnc3c(=O)n2Cc2ccccc2Cl)c1. The molecule has 0 spiro atoms. The maximum absolute atomic E-state index is 13.1. The Labute approximate surface area is 192 Å². The molecule has 0 aliphatic heterocycles. The van der Waals surface area contributed by atoms with Gasteiger partial charge in [0.15, 0.2) is 16.3 Å². The number of aromatic nitrogens is 4. The topological polar surface area (TPSA) is 99.0 Å². The number of thioether (sulfide) groups is 1. The van der Waals surface area contributed by atoms with E-state index >= 15 is 0 Å². The lowest BCUT2D eigenvalue weighted by Crippen LogP contribution is -2.26. The molecule has 2 aromatic carbocycles. The molecule has 0 radical (unpaired) electrons. The number of ether oxygens (including phenoxy) is 1. The van der Waals surface area contributed by atoms with Crippen LogP contribution in [0.5, 0.6) is 5.75 Å². The molecule has 0 unspecified atom stereocenters. The molecule has 0 atom stereocenters. The Morgan fingerprint density at radius 1 is 1.16 bits per heavy atom. The molecular formula is C22H18ClN5O3S. The fourth-order valence-corrected chi connectivity index (χ4v) is 3.99. The van der Waals surface area contributed by atoms with Crippen LogP contribution in [0.4, 0.5) is 5.69 Å². The van der Waals surface area contributed by atoms with Crippen LogP contribution in [0, 0.1) is 0 Å². The van der Waals surface area contributed by atoms with Crippen molar-refractivity contribution in [3.63, 3.8) is 0 Å². The first-order valence-electron chi connectivity index (χ1n) is 9.57. The molecule has 4 rings (SSSR count). The Balaban J connectivity index is 1.61. The second-order valence-electron chi connectivity index (χ2n) is 6.67. The molecule has 0 fully saturated rings. The van der Waals surface area contributed by atoms with Crippen molar-refractivity contribution >= 4 is 46.1 Å². The zero-order valence-corrected chi connectivity index (χ0v) is 18.6. The molecule has 1 N–H and O–H groups in total. The Hall–Kier alpha value is -3.43. The smallest absolute Gasteiger partial charge is 0.282 e. The van der Waals surface area contributed by atoms with Crippen LogP contribution in [0.2, 0.25) is 5.02 Å². The summed E-state index contributed by atoms with van der Waals surface area (Å²) in [6, 6.07) is 14.3. The Bertz CT molecular complexity index is 1340. The average Bonchev–Trinajstić information content (AvgIpc) is 2.81. The van der Waals surface area contributed by atoms with E-state index < -0.39 is 0 Å². The monoisotopic (exact) mass is 467 g/mol. The minimum absolute atomic E-state index is 0.0396. The number of fused-ring (bicyclic) bond motifs is 1. The predicted molar refractivity (Wildman–Crippen MR) is 124 cm³/mol. The highest BCUT2D eigenvalue weighted by Gasteiger charge is 2.16. The molecule has 32 heavy (non-hydrogen) atoms. The van der Waals surface area contributed by atoms with E-state index in [-0.39, 0.29) is 34.9 Å². The summed E-state index contributed by atoms with van der Waals surface area (Å²) in [6.45, 7) is 0.192. The van der Waals surface area contributed by atoms with Crippen LogP contribution in [0.25, 0.3) is 11.2 Å². The molecular weight excluding hydrogens is 450 g/mol. The van der Waals surface area contributed by atoms with Gasteiger partial charge in [-0.05, 0) is 23.8 Å². The number of hydrogen-bond acceptors (Lipinski definition) is 7. The van der Waals surface area contributed by atoms with Gasteiger partial charge in [0.25, 0.3) is 5.56 Å². The summed E-state index contributed by atoms with van der Waals surface area (Å²) < 4.78 is 6.63. The number of nitrogens with one attached hydrogen (secondary N) is 1. The summed E-state index contributed by atoms with van der Waals surface area (Å²) in [5.41, 5.74) is 1.40. The van der Waals surface area contributed by atoms with Crippen molar-refractivity contribution in [1.29, 1.82) is 0 Å². The van der Waals surface area contributed by atoms with Crippen molar-refractivity contribution in [2.75, 3.05) is 18.2 Å². The van der Waals surface area contributed by atoms with E-state index in [4.69, 9.17) is 16.3 Å². The van der Waals surface area contributed by atoms with Gasteiger partial charge in [0.1, 0.15) is 5.75 Å². The van der Waals surface area contributed by atoms with E-state index in [0.29, 0.717) is 21.6 Å². The van der Waals surface area contributed by atoms with E-state index in [1.165, 1.54) is 17.0 Å². The highest BCUT2D eigenvalue weighted by Crippen LogP contribution is 2.22. The number of rotatable bonds is 7. The third-order valence-corrected chi connectivity index (χ3v) is 5.88. The van der Waals surface area contributed by atoms with Crippen LogP contribution in [-0.4, -0.2) is 38.3 Å². The van der Waals surface area contributed by atoms with Gasteiger partial charge in [-0.3, -0.25) is 14.2 Å². The lowest BCUT2D eigenvalue weighted by atomic mass is 10.2. The quantitative estimate of drug-likeness (QED) is 0.327. The molecule has 0 aliphatic carbocycles. The maximum atomic E-state index is 13.1. The number of amides is 1. The van der Waals surface area contributed by atoms with Crippen molar-refractivity contribution in [2.24, 2.45) is 0 Å². The van der Waals surface area contributed by atoms with E-state index in [2.05, 4.69) is 20.3 Å². The molecule has 1 amide bonds. The minimum Gasteiger partial charge on any atom is -0.497 e. The second-order valence-corrected chi connectivity index (χ2v) is 8.02. The van der Waals surface area contributed by atoms with Gasteiger partial charge in [-0.2, -0.15) is 0 Å². The molecule has 0 bridgehead atoms. The van der Waals surface area contributed by atoms with Gasteiger partial charge in [-0.1, -0.05) is 47.6 Å². The van der Waals surface area contributed by atoms with Crippen LogP contribution in [0.15, 0.2) is 70.9 Å². The van der Waals surface area contributed by atoms with E-state index in [0.717, 1.165) is 17.3 Å². The zero-order valence-electron chi connectivity index (χ0n) is 17.0. The third-order valence-electron chi connectivity index (χ3n) is 4.53. The molecule has 4 aromatic rings. The first-order valence-corrected chi connectivity index (χ1v) is 10.9. The Morgan fingerprint density at radius 3 is 2.78 bits per heavy atom. The second kappa shape index (κ2) is 9.80. The maximum Gasteiger partial charge on any atom is 0.282 e. The van der Waals surface area contributed by atoms with Crippen LogP contribution < -0.4 is 15.6 Å². The van der Waals surface area contributed by atoms with Crippen LogP contribution >= 0.6 is 23.4 Å². The summed E-state index contributed by atoms with van der Waals surface area (Å²) in [5.74, 6) is 0.428. The van der Waals surface area contributed by atoms with Crippen molar-refractivity contribution in [2.45, 2.75) is 11.7 Å². The molecule has 0 saturated carbocycles. The number of anilines is 1. The predicted octanol–water partition coefficient (Wildman–Crippen LogP) is 3.63. The van der Waals surface area contributed by atoms with E-state index in [9.17, 15) is 9.59 Å². The van der Waals surface area contributed by atoms with E-state index in [1.807, 2.05) is 18.2 Å². The molecule has 2 heterocycles. The average molecular weight is 468 g/mol. The molecule has 162 valence electrons. The van der Waals surface area contributed by atoms with Crippen molar-refractivity contribution in [3.8, 4) is 5.75 Å². The lowest BCUT2D eigenvalue weighted by molar-refractivity contribution is -0.113. The van der Waals surface area contributed by atoms with Crippen molar-refractivity contribution in [1.82, 2.24) is 19.5 Å². The molecule has 0 saturated heterocycles. The number of methoxy groups -OCH3 is 1. The highest BCUT2D eigenvalue weighted by atomic mass is 35.5. The van der Waals surface area contributed by atoms with Crippen molar-refractivity contribution in [3.05, 3.63) is 81.9 Å². The Morgan fingerprint density at radius 2 is 1.97 bits per heavy atom. The number of carbonyl (C=O) groups is 1. The van der Waals surface area contributed by atoms with Gasteiger partial charge in [0.05, 0.1) is 19.4 Å². The van der Waals surface area contributed by atoms with Crippen LogP contribution in [0.1, 0.15) is 5.56 Å². The van der Waals surface area contributed by atoms with Crippen LogP contribution in [-0.2, 0) is 11.3 Å². The number of hydrogen-bond donors (Lipinski definition) is 1. The van der Waals surface area contributed by atoms with Crippen LogP contribution in [0.3, 0.4) is 0 Å². The molecule has 0 aliphatic rings. The third kappa shape index (κ3) is 4.90. The fourth-order valence-electron chi connectivity index (χ4n) is 3.00. The largest absolute Gasteiger partial charge is 0.497 e. The summed E-state index contributed by atoms with van der Waals surface area (Å²) in [4.78, 5) is 38.4. The van der Waals surface area contributed by atoms with Gasteiger partial charge < -0.3 is 10.1 Å². The number of benzene rings is 2. The molecule has 8 nitrogen and oxygen atoms in total. The molecule has 10 heteroatoms. The van der Waals surface area contributed by atoms with Gasteiger partial charge >= 0.3 is 0 Å². The van der Waals surface area contributed by atoms with Crippen molar-refractivity contribution < 1.29 is 9.53 Å². The standard InChI is InChI=1S/C22H18ClN5O3S/c1-31-16-7-4-6-15(11-16)26-18(29)13-32-22-27-20-19(24-9-10-25-20)21(30)28(22)12-14-5-2-3-8-17(14)23/h2-11H,12-13H2,1H3,(H,26,29). The zero-order chi connectivity index (χ0) is 22.5.